The summed E-state index contributed by atoms with van der Waals surface area (Å²) in [4.78, 5) is 4.41. The molecule has 0 aliphatic heterocycles. The molecule has 0 atom stereocenters. The van der Waals surface area contributed by atoms with Crippen LogP contribution in [0.4, 0.5) is 5.69 Å². The van der Waals surface area contributed by atoms with Crippen LogP contribution >= 0.6 is 0 Å². The van der Waals surface area contributed by atoms with E-state index < -0.39 is 0 Å². The molecule has 0 unspecified atom stereocenters. The van der Waals surface area contributed by atoms with Crippen LogP contribution in [0, 0.1) is 0 Å². The fraction of sp³-hybridized carbons (Fsp3) is 0.136. The highest BCUT2D eigenvalue weighted by Gasteiger charge is 2.01. The quantitative estimate of drug-likeness (QED) is 0.478. The molecule has 0 aliphatic carbocycles. The van der Waals surface area contributed by atoms with Crippen LogP contribution in [0.1, 0.15) is 11.1 Å². The summed E-state index contributed by atoms with van der Waals surface area (Å²) in [6.45, 7) is 1.08. The van der Waals surface area contributed by atoms with E-state index in [4.69, 9.17) is 15.2 Å². The van der Waals surface area contributed by atoms with Gasteiger partial charge >= 0.3 is 0 Å². The standard InChI is InChI=1S/C22H23N3O2/c1-26-16-18-8-5-7-17(13-18)15-24-22(23)25-19-9-6-12-21(14-19)27-20-10-3-2-4-11-20/h2-14H,15-16H2,1H3,(H3,23,24,25). The number of para-hydroxylation sites is 1. The molecule has 0 heterocycles. The van der Waals surface area contributed by atoms with Gasteiger partial charge in [0.05, 0.1) is 13.2 Å². The first kappa shape index (κ1) is 18.5. The van der Waals surface area contributed by atoms with Crippen LogP contribution in [0.5, 0.6) is 11.5 Å². The Morgan fingerprint density at radius 3 is 2.44 bits per heavy atom. The SMILES string of the molecule is COCc1cccc(CN=C(N)Nc2cccc(Oc3ccccc3)c2)c1. The summed E-state index contributed by atoms with van der Waals surface area (Å²) < 4.78 is 11.0. The minimum Gasteiger partial charge on any atom is -0.457 e. The van der Waals surface area contributed by atoms with Crippen LogP contribution in [0.25, 0.3) is 0 Å². The van der Waals surface area contributed by atoms with E-state index in [0.29, 0.717) is 19.1 Å². The zero-order chi connectivity index (χ0) is 18.9. The molecule has 5 heteroatoms. The normalized spacial score (nSPS) is 11.2. The second kappa shape index (κ2) is 9.40. The Labute approximate surface area is 159 Å². The van der Waals surface area contributed by atoms with Crippen LogP contribution in [0.15, 0.2) is 83.9 Å². The number of methoxy groups -OCH3 is 1. The summed E-state index contributed by atoms with van der Waals surface area (Å²) in [6, 6.07) is 25.3. The van der Waals surface area contributed by atoms with Gasteiger partial charge < -0.3 is 20.5 Å². The Balaban J connectivity index is 1.61. The molecule has 0 saturated heterocycles. The van der Waals surface area contributed by atoms with Crippen molar-refractivity contribution < 1.29 is 9.47 Å². The number of hydrogen-bond acceptors (Lipinski definition) is 3. The minimum atomic E-state index is 0.351. The van der Waals surface area contributed by atoms with Gasteiger partial charge in [-0.1, -0.05) is 48.5 Å². The Morgan fingerprint density at radius 1 is 0.889 bits per heavy atom. The van der Waals surface area contributed by atoms with Gasteiger partial charge in [0.15, 0.2) is 5.96 Å². The Morgan fingerprint density at radius 2 is 1.63 bits per heavy atom. The first-order chi connectivity index (χ1) is 13.2. The Hall–Kier alpha value is -3.31. The number of benzene rings is 3. The molecular formula is C22H23N3O2. The molecule has 0 bridgehead atoms. The van der Waals surface area contributed by atoms with Crippen molar-refractivity contribution >= 4 is 11.6 Å². The molecule has 3 N–H and O–H groups in total. The number of nitrogens with two attached hydrogens (primary N) is 1. The highest BCUT2D eigenvalue weighted by molar-refractivity contribution is 5.92. The van der Waals surface area contributed by atoms with Gasteiger partial charge in [-0.15, -0.1) is 0 Å². The third-order valence-electron chi connectivity index (χ3n) is 3.82. The van der Waals surface area contributed by atoms with E-state index >= 15 is 0 Å². The molecule has 3 rings (SSSR count). The summed E-state index contributed by atoms with van der Waals surface area (Å²) in [7, 11) is 1.68. The van der Waals surface area contributed by atoms with Gasteiger partial charge in [-0.05, 0) is 35.4 Å². The maximum absolute atomic E-state index is 6.03. The van der Waals surface area contributed by atoms with Crippen molar-refractivity contribution in [2.75, 3.05) is 12.4 Å². The molecule has 0 radical (unpaired) electrons. The predicted molar refractivity (Wildman–Crippen MR) is 109 cm³/mol. The molecule has 3 aromatic rings. The largest absolute Gasteiger partial charge is 0.457 e. The van der Waals surface area contributed by atoms with Gasteiger partial charge in [-0.3, -0.25) is 0 Å². The fourth-order valence-electron chi connectivity index (χ4n) is 2.61. The lowest BCUT2D eigenvalue weighted by molar-refractivity contribution is 0.185. The number of ether oxygens (including phenoxy) is 2. The molecule has 0 spiro atoms. The van der Waals surface area contributed by atoms with E-state index in [9.17, 15) is 0 Å². The number of aliphatic imine (C=N–C) groups is 1. The van der Waals surface area contributed by atoms with E-state index in [1.54, 1.807) is 7.11 Å². The molecule has 0 aliphatic rings. The number of nitrogens with one attached hydrogen (secondary N) is 1. The topological polar surface area (TPSA) is 68.9 Å². The number of guanidine groups is 1. The average molecular weight is 361 g/mol. The van der Waals surface area contributed by atoms with Gasteiger partial charge in [0.2, 0.25) is 0 Å². The van der Waals surface area contributed by atoms with Crippen LogP contribution in [-0.4, -0.2) is 13.1 Å². The molecule has 27 heavy (non-hydrogen) atoms. The summed E-state index contributed by atoms with van der Waals surface area (Å²) in [5.74, 6) is 1.86. The molecule has 0 saturated carbocycles. The van der Waals surface area contributed by atoms with Gasteiger partial charge in [-0.25, -0.2) is 4.99 Å². The number of nitrogens with zero attached hydrogens (tertiary/aromatic N) is 1. The van der Waals surface area contributed by atoms with Crippen molar-refractivity contribution in [3.63, 3.8) is 0 Å². The molecular weight excluding hydrogens is 338 g/mol. The average Bonchev–Trinajstić information content (AvgIpc) is 2.68. The number of hydrogen-bond donors (Lipinski definition) is 2. The van der Waals surface area contributed by atoms with Crippen molar-refractivity contribution in [2.45, 2.75) is 13.2 Å². The first-order valence-electron chi connectivity index (χ1n) is 8.69. The minimum absolute atomic E-state index is 0.351. The highest BCUT2D eigenvalue weighted by Crippen LogP contribution is 2.23. The van der Waals surface area contributed by atoms with Crippen LogP contribution < -0.4 is 15.8 Å². The summed E-state index contributed by atoms with van der Waals surface area (Å²) in [5, 5.41) is 3.10. The molecule has 5 nitrogen and oxygen atoms in total. The van der Waals surface area contributed by atoms with Crippen molar-refractivity contribution in [3.05, 3.63) is 90.0 Å². The third-order valence-corrected chi connectivity index (χ3v) is 3.82. The highest BCUT2D eigenvalue weighted by atomic mass is 16.5. The zero-order valence-corrected chi connectivity index (χ0v) is 15.3. The maximum atomic E-state index is 6.03. The lowest BCUT2D eigenvalue weighted by Gasteiger charge is -2.09. The van der Waals surface area contributed by atoms with E-state index in [1.807, 2.05) is 72.8 Å². The maximum Gasteiger partial charge on any atom is 0.193 e. The molecule has 0 aromatic heterocycles. The molecule has 0 amide bonds. The second-order valence-electron chi connectivity index (χ2n) is 6.02. The van der Waals surface area contributed by atoms with E-state index in [2.05, 4.69) is 16.4 Å². The van der Waals surface area contributed by atoms with Crippen LogP contribution in [0.2, 0.25) is 0 Å². The van der Waals surface area contributed by atoms with Gasteiger partial charge in [0, 0.05) is 18.9 Å². The monoisotopic (exact) mass is 361 g/mol. The van der Waals surface area contributed by atoms with Crippen molar-refractivity contribution in [1.82, 2.24) is 0 Å². The van der Waals surface area contributed by atoms with Gasteiger partial charge in [0.1, 0.15) is 11.5 Å². The number of anilines is 1. The summed E-state index contributed by atoms with van der Waals surface area (Å²) in [5.41, 5.74) is 9.04. The van der Waals surface area contributed by atoms with Crippen molar-refractivity contribution in [3.8, 4) is 11.5 Å². The summed E-state index contributed by atoms with van der Waals surface area (Å²) in [6.07, 6.45) is 0. The predicted octanol–water partition coefficient (Wildman–Crippen LogP) is 4.55. The van der Waals surface area contributed by atoms with Crippen LogP contribution in [-0.2, 0) is 17.9 Å². The van der Waals surface area contributed by atoms with Crippen LogP contribution in [0.3, 0.4) is 0 Å². The zero-order valence-electron chi connectivity index (χ0n) is 15.3. The summed E-state index contributed by atoms with van der Waals surface area (Å²) >= 11 is 0. The van der Waals surface area contributed by atoms with E-state index in [1.165, 1.54) is 0 Å². The lowest BCUT2D eigenvalue weighted by atomic mass is 10.1. The first-order valence-corrected chi connectivity index (χ1v) is 8.69. The Bertz CT molecular complexity index is 895. The second-order valence-corrected chi connectivity index (χ2v) is 6.02. The van der Waals surface area contributed by atoms with Gasteiger partial charge in [-0.2, -0.15) is 0 Å². The fourth-order valence-corrected chi connectivity index (χ4v) is 2.61. The lowest BCUT2D eigenvalue weighted by Crippen LogP contribution is -2.22. The van der Waals surface area contributed by atoms with Crippen molar-refractivity contribution in [1.29, 1.82) is 0 Å². The smallest absolute Gasteiger partial charge is 0.193 e. The molecule has 3 aromatic carbocycles. The van der Waals surface area contributed by atoms with Gasteiger partial charge in [0.25, 0.3) is 0 Å². The Kier molecular flexibility index (Phi) is 6.44. The molecule has 138 valence electrons. The third kappa shape index (κ3) is 5.87. The number of rotatable bonds is 7. The van der Waals surface area contributed by atoms with E-state index in [0.717, 1.165) is 28.3 Å². The van der Waals surface area contributed by atoms with Crippen molar-refractivity contribution in [2.24, 2.45) is 10.7 Å². The van der Waals surface area contributed by atoms with E-state index in [-0.39, 0.29) is 0 Å². The molecule has 0 fully saturated rings.